The average Bonchev–Trinajstić information content (AvgIpc) is 3.62. The van der Waals surface area contributed by atoms with Crippen molar-refractivity contribution in [2.24, 2.45) is 23.7 Å². The van der Waals surface area contributed by atoms with Gasteiger partial charge in [-0.05, 0) is 75.7 Å². The second-order valence-corrected chi connectivity index (χ2v) is 20.0. The number of methoxy groups -OCH3 is 2. The van der Waals surface area contributed by atoms with Crippen LogP contribution in [0.4, 0.5) is 0 Å². The third-order valence-electron chi connectivity index (χ3n) is 15.4. The summed E-state index contributed by atoms with van der Waals surface area (Å²) in [6.45, 7) is 11.9. The van der Waals surface area contributed by atoms with Crippen molar-refractivity contribution in [3.05, 3.63) is 59.3 Å². The van der Waals surface area contributed by atoms with Crippen LogP contribution >= 0.6 is 0 Å². The van der Waals surface area contributed by atoms with E-state index >= 15 is 0 Å². The highest BCUT2D eigenvalue weighted by Crippen LogP contribution is 2.48. The molecule has 5 fully saturated rings. The summed E-state index contributed by atoms with van der Waals surface area (Å²) in [4.78, 5) is 14.4. The van der Waals surface area contributed by atoms with E-state index in [1.165, 1.54) is 19.3 Å². The minimum atomic E-state index is -1.83. The van der Waals surface area contributed by atoms with Crippen LogP contribution in [0.25, 0.3) is 0 Å². The molecule has 3 N–H and O–H groups in total. The van der Waals surface area contributed by atoms with Gasteiger partial charge in [-0.1, -0.05) is 69.6 Å². The Kier molecular flexibility index (Phi) is 15.1. The molecule has 0 amide bonds. The number of carbonyl (C=O) groups is 1. The molecule has 0 aromatic rings. The van der Waals surface area contributed by atoms with Gasteiger partial charge in [-0.25, -0.2) is 0 Å². The molecule has 1 spiro atoms. The molecule has 2 aliphatic carbocycles. The highest BCUT2D eigenvalue weighted by Gasteiger charge is 2.60. The smallest absolute Gasteiger partial charge is 0.316 e. The van der Waals surface area contributed by atoms with E-state index in [0.717, 1.165) is 18.4 Å². The zero-order chi connectivity index (χ0) is 45.5. The lowest BCUT2D eigenvalue weighted by Gasteiger charge is -2.49. The molecule has 19 atom stereocenters. The van der Waals surface area contributed by atoms with Crippen molar-refractivity contribution in [1.82, 2.24) is 0 Å². The van der Waals surface area contributed by atoms with Gasteiger partial charge in [0.25, 0.3) is 0 Å². The number of ether oxygens (including phenoxy) is 10. The Morgan fingerprint density at radius 3 is 2.28 bits per heavy atom. The van der Waals surface area contributed by atoms with Crippen molar-refractivity contribution in [3.63, 3.8) is 0 Å². The summed E-state index contributed by atoms with van der Waals surface area (Å²) < 4.78 is 64.1. The van der Waals surface area contributed by atoms with Crippen LogP contribution in [0.1, 0.15) is 106 Å². The molecule has 8 rings (SSSR count). The van der Waals surface area contributed by atoms with E-state index in [1.54, 1.807) is 40.2 Å². The fourth-order valence-electron chi connectivity index (χ4n) is 11.7. The third kappa shape index (κ3) is 9.82. The van der Waals surface area contributed by atoms with Gasteiger partial charge in [0.05, 0.1) is 49.3 Å². The summed E-state index contributed by atoms with van der Waals surface area (Å²) in [5.74, 6) is -2.32. The maximum Gasteiger partial charge on any atom is 0.316 e. The fraction of sp³-hybridized carbons (Fsp3) is 0.780. The van der Waals surface area contributed by atoms with Gasteiger partial charge in [-0.15, -0.1) is 0 Å². The Bertz CT molecular complexity index is 1790. The lowest BCUT2D eigenvalue weighted by Crippen LogP contribution is -2.58. The third-order valence-corrected chi connectivity index (χ3v) is 15.4. The van der Waals surface area contributed by atoms with Gasteiger partial charge in [-0.3, -0.25) is 4.79 Å². The molecule has 4 saturated heterocycles. The summed E-state index contributed by atoms with van der Waals surface area (Å²) in [5, 5.41) is 34.3. The highest BCUT2D eigenvalue weighted by molar-refractivity contribution is 5.78. The molecule has 0 unspecified atom stereocenters. The second kappa shape index (κ2) is 20.1. The number of carbonyl (C=O) groups excluding carboxylic acids is 1. The van der Waals surface area contributed by atoms with E-state index in [4.69, 9.17) is 47.4 Å². The minimum Gasteiger partial charge on any atom is -0.462 e. The molecule has 1 saturated carbocycles. The Labute approximate surface area is 379 Å². The first-order valence-electron chi connectivity index (χ1n) is 24.0. The van der Waals surface area contributed by atoms with Crippen LogP contribution in [-0.2, 0) is 52.2 Å². The van der Waals surface area contributed by atoms with Crippen molar-refractivity contribution in [2.75, 3.05) is 20.8 Å². The lowest BCUT2D eigenvalue weighted by atomic mass is 9.71. The number of fused-ring (bicyclic) bond motifs is 2. The molecule has 6 heterocycles. The number of hydrogen-bond donors (Lipinski definition) is 3. The molecule has 14 heteroatoms. The van der Waals surface area contributed by atoms with E-state index in [2.05, 4.69) is 32.9 Å². The Hall–Kier alpha value is -2.31. The van der Waals surface area contributed by atoms with Gasteiger partial charge in [0, 0.05) is 51.7 Å². The number of hydrogen-bond acceptors (Lipinski definition) is 14. The molecular formula is C50H74O14. The second-order valence-electron chi connectivity index (χ2n) is 20.0. The minimum absolute atomic E-state index is 0.0242. The van der Waals surface area contributed by atoms with Crippen LogP contribution < -0.4 is 0 Å². The molecular weight excluding hydrogens is 825 g/mol. The summed E-state index contributed by atoms with van der Waals surface area (Å²) in [6.07, 6.45) is 13.8. The first-order chi connectivity index (χ1) is 30.6. The predicted octanol–water partition coefficient (Wildman–Crippen LogP) is 5.91. The average molecular weight is 899 g/mol. The quantitative estimate of drug-likeness (QED) is 0.204. The molecule has 6 aliphatic heterocycles. The first kappa shape index (κ1) is 48.2. The number of aliphatic hydroxyl groups is 3. The standard InChI is InChI=1S/C50H74O14/c1-27-13-12-16-34-26-57-47-42(51)30(4)21-37(50(34,47)54)48(53)60-36-22-35(63-49(25-36)20-19-29(3)45(64-49)33-14-10-9-11-15-33)18-17-28(2)44(27)61-41-24-39(56-8)46(32(6)59-41)62-40-23-38(55-7)43(52)31(5)58-40/h12-13,16-17,19-21,27,29,31-33,35-47,51-52,54H,9-11,14-15,18,22-26H2,1-8H3/b13-12+,28-17+,34-16+/t27-,29-,31+,32+,35+,36-,37-,38+,39+,40-,41-,42-,43+,44-,45-,46+,47+,49-,50-/m0/s1. The van der Waals surface area contributed by atoms with Gasteiger partial charge < -0.3 is 62.7 Å². The van der Waals surface area contributed by atoms with Crippen molar-refractivity contribution in [1.29, 1.82) is 0 Å². The first-order valence-corrected chi connectivity index (χ1v) is 24.0. The summed E-state index contributed by atoms with van der Waals surface area (Å²) >= 11 is 0. The van der Waals surface area contributed by atoms with E-state index in [-0.39, 0.29) is 36.8 Å². The topological polar surface area (TPSA) is 170 Å². The maximum atomic E-state index is 14.4. The van der Waals surface area contributed by atoms with E-state index in [9.17, 15) is 20.1 Å². The largest absolute Gasteiger partial charge is 0.462 e. The van der Waals surface area contributed by atoms with Crippen molar-refractivity contribution < 1.29 is 67.5 Å². The van der Waals surface area contributed by atoms with Crippen molar-refractivity contribution >= 4 is 5.97 Å². The van der Waals surface area contributed by atoms with Gasteiger partial charge >= 0.3 is 5.97 Å². The van der Waals surface area contributed by atoms with E-state index < -0.39 is 90.8 Å². The Balaban J connectivity index is 1.08. The van der Waals surface area contributed by atoms with Crippen molar-refractivity contribution in [3.8, 4) is 0 Å². The molecule has 14 nitrogen and oxygen atoms in total. The monoisotopic (exact) mass is 899 g/mol. The lowest BCUT2D eigenvalue weighted by molar-refractivity contribution is -0.318. The normalized spacial score (nSPS) is 49.2. The Morgan fingerprint density at radius 2 is 1.53 bits per heavy atom. The molecule has 358 valence electrons. The zero-order valence-corrected chi connectivity index (χ0v) is 39.0. The fourth-order valence-corrected chi connectivity index (χ4v) is 11.7. The predicted molar refractivity (Wildman–Crippen MR) is 234 cm³/mol. The van der Waals surface area contributed by atoms with E-state index in [1.807, 2.05) is 25.2 Å². The summed E-state index contributed by atoms with van der Waals surface area (Å²) in [5.41, 5.74) is 0.166. The summed E-state index contributed by atoms with van der Waals surface area (Å²) in [7, 11) is 3.23. The van der Waals surface area contributed by atoms with Crippen LogP contribution in [0.3, 0.4) is 0 Å². The van der Waals surface area contributed by atoms with Crippen LogP contribution in [0.2, 0.25) is 0 Å². The number of allylic oxidation sites excluding steroid dienone is 2. The molecule has 0 aromatic carbocycles. The number of rotatable bonds is 7. The Morgan fingerprint density at radius 1 is 0.812 bits per heavy atom. The van der Waals surface area contributed by atoms with Gasteiger partial charge in [-0.2, -0.15) is 0 Å². The molecule has 2 bridgehead atoms. The summed E-state index contributed by atoms with van der Waals surface area (Å²) in [6, 6.07) is 0. The van der Waals surface area contributed by atoms with Gasteiger partial charge in [0.1, 0.15) is 42.0 Å². The molecule has 8 aliphatic rings. The zero-order valence-electron chi connectivity index (χ0n) is 39.0. The van der Waals surface area contributed by atoms with Crippen LogP contribution in [-0.4, -0.2) is 139 Å². The van der Waals surface area contributed by atoms with Crippen LogP contribution in [0, 0.1) is 23.7 Å². The SMILES string of the molecule is CO[C@@H]1C[C@H](O[C@@H]2[C@@H](C)O[C@@H](O[C@@H]3/C(C)=C/C[C@@H]4C[C@@H](C[C@@]5(C=C[C@H](C)[C@@H](C6CCCCC6)O5)O4)OC(=O)[C@@H]4C=C(C)[C@H](O)[C@H]5OC/C(=C\C=C\[C@@H]3C)[C@@]54O)C[C@H]2OC)O[C@H](C)[C@H]1O. The van der Waals surface area contributed by atoms with Crippen LogP contribution in [0.15, 0.2) is 59.3 Å². The highest BCUT2D eigenvalue weighted by atomic mass is 16.7. The molecule has 0 aromatic heterocycles. The maximum absolute atomic E-state index is 14.4. The number of esters is 1. The van der Waals surface area contributed by atoms with Gasteiger partial charge in [0.2, 0.25) is 0 Å². The van der Waals surface area contributed by atoms with Crippen LogP contribution in [0.5, 0.6) is 0 Å². The van der Waals surface area contributed by atoms with Crippen molar-refractivity contribution in [2.45, 2.75) is 203 Å². The number of aliphatic hydroxyl groups excluding tert-OH is 2. The van der Waals surface area contributed by atoms with E-state index in [0.29, 0.717) is 49.2 Å². The molecule has 0 radical (unpaired) electrons. The molecule has 64 heavy (non-hydrogen) atoms. The van der Waals surface area contributed by atoms with Gasteiger partial charge in [0.15, 0.2) is 18.4 Å².